The maximum atomic E-state index is 11.6. The maximum absolute atomic E-state index is 11.6. The summed E-state index contributed by atoms with van der Waals surface area (Å²) in [5, 5.41) is 6.10. The fourth-order valence-electron chi connectivity index (χ4n) is 1.71. The minimum Gasteiger partial charge on any atom is -0.376 e. The van der Waals surface area contributed by atoms with E-state index in [1.807, 2.05) is 20.8 Å². The molecule has 1 fully saturated rings. The normalized spacial score (nSPS) is 20.1. The zero-order chi connectivity index (χ0) is 12.9. The summed E-state index contributed by atoms with van der Waals surface area (Å²) in [7, 11) is 0. The van der Waals surface area contributed by atoms with Crippen molar-refractivity contribution in [2.45, 2.75) is 46.1 Å². The van der Waals surface area contributed by atoms with Crippen molar-refractivity contribution in [3.63, 3.8) is 0 Å². The fourth-order valence-corrected chi connectivity index (χ4v) is 1.91. The molecule has 1 amide bonds. The molecule has 0 aromatic carbocycles. The van der Waals surface area contributed by atoms with E-state index in [1.165, 1.54) is 0 Å². The Labute approximate surface area is 108 Å². The van der Waals surface area contributed by atoms with Crippen LogP contribution in [0.5, 0.6) is 0 Å². The molecule has 1 aliphatic rings. The summed E-state index contributed by atoms with van der Waals surface area (Å²) in [4.78, 5) is 11.6. The molecule has 1 heterocycles. The molecule has 17 heavy (non-hydrogen) atoms. The highest BCUT2D eigenvalue weighted by atomic mass is 32.1. The second-order valence-electron chi connectivity index (χ2n) is 5.63. The lowest BCUT2D eigenvalue weighted by atomic mass is 9.92. The maximum Gasteiger partial charge on any atom is 0.226 e. The molecule has 0 aliphatic carbocycles. The van der Waals surface area contributed by atoms with E-state index in [1.54, 1.807) is 0 Å². The molecule has 2 N–H and O–H groups in total. The first-order valence-electron chi connectivity index (χ1n) is 6.06. The fraction of sp³-hybridized carbons (Fsp3) is 0.833. The molecule has 4 nitrogen and oxygen atoms in total. The van der Waals surface area contributed by atoms with E-state index in [0.29, 0.717) is 18.1 Å². The number of carbonyl (C=O) groups excluding carboxylic acids is 1. The van der Waals surface area contributed by atoms with Crippen LogP contribution in [0.15, 0.2) is 0 Å². The lowest BCUT2D eigenvalue weighted by Crippen LogP contribution is -2.43. The van der Waals surface area contributed by atoms with Gasteiger partial charge in [0.25, 0.3) is 0 Å². The number of amides is 1. The van der Waals surface area contributed by atoms with Crippen LogP contribution in [0, 0.1) is 5.41 Å². The van der Waals surface area contributed by atoms with Crippen molar-refractivity contribution in [1.82, 2.24) is 10.6 Å². The molecule has 0 aromatic rings. The SMILES string of the molecule is CC(C)(C)CC(=O)NC(=S)NC[C@@H]1CCCO1. The van der Waals surface area contributed by atoms with Gasteiger partial charge in [0.15, 0.2) is 5.11 Å². The van der Waals surface area contributed by atoms with Crippen LogP contribution in [-0.2, 0) is 9.53 Å². The third-order valence-corrected chi connectivity index (χ3v) is 2.70. The quantitative estimate of drug-likeness (QED) is 0.755. The molecule has 0 bridgehead atoms. The predicted octanol–water partition coefficient (Wildman–Crippen LogP) is 1.59. The zero-order valence-corrected chi connectivity index (χ0v) is 11.7. The first kappa shape index (κ1) is 14.4. The Kier molecular flexibility index (Phi) is 5.33. The van der Waals surface area contributed by atoms with Gasteiger partial charge >= 0.3 is 0 Å². The molecule has 1 atom stereocenters. The smallest absolute Gasteiger partial charge is 0.226 e. The van der Waals surface area contributed by atoms with E-state index in [4.69, 9.17) is 17.0 Å². The lowest BCUT2D eigenvalue weighted by molar-refractivity contribution is -0.121. The van der Waals surface area contributed by atoms with E-state index in [9.17, 15) is 4.79 Å². The van der Waals surface area contributed by atoms with Crippen LogP contribution in [0.1, 0.15) is 40.0 Å². The van der Waals surface area contributed by atoms with Crippen molar-refractivity contribution in [3.8, 4) is 0 Å². The molecule has 1 aliphatic heterocycles. The number of ether oxygens (including phenoxy) is 1. The second kappa shape index (κ2) is 6.31. The van der Waals surface area contributed by atoms with Crippen LogP contribution < -0.4 is 10.6 Å². The summed E-state index contributed by atoms with van der Waals surface area (Å²) >= 11 is 5.06. The minimum absolute atomic E-state index is 0.0196. The highest BCUT2D eigenvalue weighted by Crippen LogP contribution is 2.17. The number of hydrogen-bond donors (Lipinski definition) is 2. The van der Waals surface area contributed by atoms with Gasteiger partial charge in [0.05, 0.1) is 6.10 Å². The predicted molar refractivity (Wildman–Crippen MR) is 71.8 cm³/mol. The van der Waals surface area contributed by atoms with Crippen molar-refractivity contribution in [1.29, 1.82) is 0 Å². The molecule has 0 aromatic heterocycles. The lowest BCUT2D eigenvalue weighted by Gasteiger charge is -2.18. The summed E-state index contributed by atoms with van der Waals surface area (Å²) in [6.45, 7) is 7.57. The molecule has 98 valence electrons. The Hall–Kier alpha value is -0.680. The molecule has 0 unspecified atom stereocenters. The van der Waals surface area contributed by atoms with Gasteiger partial charge in [-0.1, -0.05) is 20.8 Å². The average molecular weight is 258 g/mol. The van der Waals surface area contributed by atoms with Crippen LogP contribution >= 0.6 is 12.2 Å². The minimum atomic E-state index is -0.0395. The van der Waals surface area contributed by atoms with Crippen LogP contribution in [0.4, 0.5) is 0 Å². The van der Waals surface area contributed by atoms with Gasteiger partial charge in [-0.05, 0) is 30.5 Å². The summed E-state index contributed by atoms with van der Waals surface area (Å²) in [6.07, 6.45) is 2.86. The van der Waals surface area contributed by atoms with E-state index in [2.05, 4.69) is 10.6 Å². The van der Waals surface area contributed by atoms with Gasteiger partial charge in [-0.3, -0.25) is 4.79 Å². The van der Waals surface area contributed by atoms with Crippen LogP contribution in [-0.4, -0.2) is 30.3 Å². The molecular weight excluding hydrogens is 236 g/mol. The van der Waals surface area contributed by atoms with Gasteiger partial charge in [-0.2, -0.15) is 0 Å². The molecular formula is C12H22N2O2S. The van der Waals surface area contributed by atoms with Crippen molar-refractivity contribution in [2.75, 3.05) is 13.2 Å². The molecule has 0 saturated carbocycles. The molecule has 0 spiro atoms. The molecule has 1 saturated heterocycles. The highest BCUT2D eigenvalue weighted by molar-refractivity contribution is 7.80. The van der Waals surface area contributed by atoms with Gasteiger partial charge in [-0.15, -0.1) is 0 Å². The van der Waals surface area contributed by atoms with Crippen LogP contribution in [0.3, 0.4) is 0 Å². The van der Waals surface area contributed by atoms with E-state index in [-0.39, 0.29) is 17.4 Å². The molecule has 1 rings (SSSR count). The first-order valence-corrected chi connectivity index (χ1v) is 6.47. The van der Waals surface area contributed by atoms with E-state index in [0.717, 1.165) is 19.4 Å². The van der Waals surface area contributed by atoms with Gasteiger partial charge in [0.1, 0.15) is 0 Å². The summed E-state index contributed by atoms with van der Waals surface area (Å²) < 4.78 is 5.45. The van der Waals surface area contributed by atoms with Crippen molar-refractivity contribution >= 4 is 23.2 Å². The largest absolute Gasteiger partial charge is 0.376 e. The Morgan fingerprint density at radius 3 is 2.71 bits per heavy atom. The Morgan fingerprint density at radius 2 is 2.18 bits per heavy atom. The zero-order valence-electron chi connectivity index (χ0n) is 10.8. The van der Waals surface area contributed by atoms with Gasteiger partial charge in [-0.25, -0.2) is 0 Å². The highest BCUT2D eigenvalue weighted by Gasteiger charge is 2.18. The van der Waals surface area contributed by atoms with Crippen molar-refractivity contribution < 1.29 is 9.53 Å². The molecule has 0 radical (unpaired) electrons. The third kappa shape index (κ3) is 6.58. The van der Waals surface area contributed by atoms with Crippen molar-refractivity contribution in [2.24, 2.45) is 5.41 Å². The van der Waals surface area contributed by atoms with Crippen LogP contribution in [0.25, 0.3) is 0 Å². The standard InChI is InChI=1S/C12H22N2O2S/c1-12(2,3)7-10(15)14-11(17)13-8-9-5-4-6-16-9/h9H,4-8H2,1-3H3,(H2,13,14,15,17)/t9-/m0/s1. The van der Waals surface area contributed by atoms with Gasteiger partial charge in [0, 0.05) is 19.6 Å². The number of rotatable bonds is 3. The van der Waals surface area contributed by atoms with Gasteiger partial charge in [0.2, 0.25) is 5.91 Å². The van der Waals surface area contributed by atoms with E-state index >= 15 is 0 Å². The first-order chi connectivity index (χ1) is 7.87. The number of carbonyl (C=O) groups is 1. The number of hydrogen-bond acceptors (Lipinski definition) is 3. The third-order valence-electron chi connectivity index (χ3n) is 2.46. The van der Waals surface area contributed by atoms with E-state index < -0.39 is 0 Å². The monoisotopic (exact) mass is 258 g/mol. The Balaban J connectivity index is 2.17. The Bertz CT molecular complexity index is 281. The van der Waals surface area contributed by atoms with Gasteiger partial charge < -0.3 is 15.4 Å². The van der Waals surface area contributed by atoms with Crippen molar-refractivity contribution in [3.05, 3.63) is 0 Å². The second-order valence-corrected chi connectivity index (χ2v) is 6.04. The number of thiocarbonyl (C=S) groups is 1. The summed E-state index contributed by atoms with van der Waals surface area (Å²) in [5.74, 6) is -0.0395. The summed E-state index contributed by atoms with van der Waals surface area (Å²) in [5.41, 5.74) is -0.0196. The van der Waals surface area contributed by atoms with Crippen LogP contribution in [0.2, 0.25) is 0 Å². The average Bonchev–Trinajstić information content (AvgIpc) is 2.63. The topological polar surface area (TPSA) is 50.4 Å². The summed E-state index contributed by atoms with van der Waals surface area (Å²) in [6, 6.07) is 0. The molecule has 5 heteroatoms. The number of nitrogens with one attached hydrogen (secondary N) is 2. The Morgan fingerprint density at radius 1 is 1.47 bits per heavy atom.